The molecule has 0 atom stereocenters. The fourth-order valence-electron chi connectivity index (χ4n) is 3.01. The highest BCUT2D eigenvalue weighted by Gasteiger charge is 2.11. The third kappa shape index (κ3) is 4.91. The Labute approximate surface area is 163 Å². The first kappa shape index (κ1) is 19.5. The molecule has 0 unspecified atom stereocenters. The number of benzene rings is 2. The molecule has 4 N–H and O–H groups in total. The van der Waals surface area contributed by atoms with Gasteiger partial charge in [-0.3, -0.25) is 9.79 Å². The quantitative estimate of drug-likeness (QED) is 0.429. The molecule has 0 saturated carbocycles. The topological polar surface area (TPSA) is 112 Å². The first-order valence-electron chi connectivity index (χ1n) is 9.24. The summed E-state index contributed by atoms with van der Waals surface area (Å²) in [6.45, 7) is 2.44. The molecule has 1 aliphatic heterocycles. The van der Waals surface area contributed by atoms with Crippen LogP contribution >= 0.6 is 0 Å². The van der Waals surface area contributed by atoms with Gasteiger partial charge < -0.3 is 25.8 Å². The average Bonchev–Trinajstić information content (AvgIpc) is 3.21. The molecule has 0 fully saturated rings. The van der Waals surface area contributed by atoms with Gasteiger partial charge in [-0.2, -0.15) is 0 Å². The number of phenolic OH excluding ortho intramolecular Hbond substituents is 1. The van der Waals surface area contributed by atoms with E-state index in [0.717, 1.165) is 38.4 Å². The number of nitrogens with zero attached hydrogens (tertiary/aromatic N) is 1. The fraction of sp³-hybridized carbons (Fsp3) is 0.350. The summed E-state index contributed by atoms with van der Waals surface area (Å²) in [5, 5.41) is 20.6. The number of aliphatic imine (C=N–C) groups is 1. The minimum Gasteiger partial charge on any atom is -0.507 e. The number of methoxy groups -OCH3 is 1. The normalized spacial score (nSPS) is 13.0. The van der Waals surface area contributed by atoms with Gasteiger partial charge in [0.1, 0.15) is 5.75 Å². The Bertz CT molecular complexity index is 910. The van der Waals surface area contributed by atoms with Crippen molar-refractivity contribution in [1.82, 2.24) is 10.6 Å². The highest BCUT2D eigenvalue weighted by Crippen LogP contribution is 2.29. The molecule has 2 aromatic carbocycles. The molecule has 1 aliphatic rings. The first-order chi connectivity index (χ1) is 13.6. The number of amides is 1. The highest BCUT2D eigenvalue weighted by molar-refractivity contribution is 6.00. The number of fused-ring (bicyclic) bond motifs is 1. The Hall–Kier alpha value is -3.29. The van der Waals surface area contributed by atoms with Crippen molar-refractivity contribution < 1.29 is 19.4 Å². The van der Waals surface area contributed by atoms with E-state index in [1.807, 2.05) is 0 Å². The highest BCUT2D eigenvalue weighted by atomic mass is 16.5. The van der Waals surface area contributed by atoms with Crippen molar-refractivity contribution in [3.05, 3.63) is 35.9 Å². The average molecular weight is 384 g/mol. The molecule has 1 amide bonds. The van der Waals surface area contributed by atoms with Crippen molar-refractivity contribution in [3.63, 3.8) is 0 Å². The van der Waals surface area contributed by atoms with Crippen LogP contribution in [0, 0.1) is 0 Å². The lowest BCUT2D eigenvalue weighted by molar-refractivity contribution is -0.116. The number of unbranched alkanes of at least 4 members (excludes halogenated alkanes) is 1. The maximum Gasteiger partial charge on any atom is 0.338 e. The van der Waals surface area contributed by atoms with E-state index >= 15 is 0 Å². The Morgan fingerprint density at radius 3 is 2.86 bits per heavy atom. The van der Waals surface area contributed by atoms with E-state index < -0.39 is 5.97 Å². The van der Waals surface area contributed by atoms with E-state index in [1.165, 1.54) is 13.2 Å². The van der Waals surface area contributed by atoms with Crippen LogP contribution in [0.25, 0.3) is 10.8 Å². The van der Waals surface area contributed by atoms with Crippen LogP contribution in [0.4, 0.5) is 5.69 Å². The van der Waals surface area contributed by atoms with Crippen molar-refractivity contribution in [1.29, 1.82) is 0 Å². The van der Waals surface area contributed by atoms with Crippen molar-refractivity contribution >= 4 is 34.3 Å². The van der Waals surface area contributed by atoms with Gasteiger partial charge in [-0.15, -0.1) is 0 Å². The van der Waals surface area contributed by atoms with Crippen LogP contribution in [0.2, 0.25) is 0 Å². The largest absolute Gasteiger partial charge is 0.507 e. The predicted octanol–water partition coefficient (Wildman–Crippen LogP) is 1.99. The molecule has 0 aliphatic carbocycles. The molecule has 148 valence electrons. The van der Waals surface area contributed by atoms with Gasteiger partial charge in [0, 0.05) is 30.6 Å². The molecule has 28 heavy (non-hydrogen) atoms. The van der Waals surface area contributed by atoms with E-state index in [2.05, 4.69) is 25.7 Å². The maximum absolute atomic E-state index is 12.1. The molecule has 0 spiro atoms. The number of hydrogen-bond acceptors (Lipinski definition) is 7. The van der Waals surface area contributed by atoms with E-state index in [1.54, 1.807) is 24.3 Å². The smallest absolute Gasteiger partial charge is 0.338 e. The monoisotopic (exact) mass is 384 g/mol. The Morgan fingerprint density at radius 1 is 1.25 bits per heavy atom. The van der Waals surface area contributed by atoms with Crippen LogP contribution in [0.3, 0.4) is 0 Å². The van der Waals surface area contributed by atoms with E-state index in [4.69, 9.17) is 0 Å². The minimum atomic E-state index is -0.514. The van der Waals surface area contributed by atoms with E-state index in [9.17, 15) is 14.7 Å². The van der Waals surface area contributed by atoms with Gasteiger partial charge in [0.05, 0.1) is 19.2 Å². The zero-order valence-electron chi connectivity index (χ0n) is 15.7. The van der Waals surface area contributed by atoms with Gasteiger partial charge in [-0.1, -0.05) is 6.07 Å². The SMILES string of the molecule is COC(=O)c1cc(O)c2cc(NC(=O)CCCCNC3=NCCN3)ccc2c1. The second-order valence-corrected chi connectivity index (χ2v) is 6.51. The van der Waals surface area contributed by atoms with Gasteiger partial charge in [0.2, 0.25) is 5.91 Å². The Balaban J connectivity index is 1.52. The standard InChI is InChI=1S/C20H24N4O4/c1-28-19(27)14-10-13-5-6-15(12-16(13)17(25)11-14)24-18(26)4-2-3-7-21-20-22-8-9-23-20/h5-6,10-12,25H,2-4,7-9H2,1H3,(H,24,26)(H2,21,22,23). The number of phenols is 1. The molecular weight excluding hydrogens is 360 g/mol. The number of aromatic hydroxyl groups is 1. The number of rotatable bonds is 7. The van der Waals surface area contributed by atoms with Crippen molar-refractivity contribution in [2.75, 3.05) is 32.1 Å². The van der Waals surface area contributed by atoms with Gasteiger partial charge in [-0.05, 0) is 42.5 Å². The van der Waals surface area contributed by atoms with Crippen LogP contribution < -0.4 is 16.0 Å². The number of esters is 1. The van der Waals surface area contributed by atoms with Crippen LogP contribution in [-0.4, -0.2) is 49.7 Å². The zero-order valence-corrected chi connectivity index (χ0v) is 15.7. The summed E-state index contributed by atoms with van der Waals surface area (Å²) in [5.41, 5.74) is 0.873. The lowest BCUT2D eigenvalue weighted by Crippen LogP contribution is -2.34. The van der Waals surface area contributed by atoms with Gasteiger partial charge >= 0.3 is 5.97 Å². The third-order valence-corrected chi connectivity index (χ3v) is 4.43. The van der Waals surface area contributed by atoms with Crippen molar-refractivity contribution in [2.45, 2.75) is 19.3 Å². The van der Waals surface area contributed by atoms with Crippen LogP contribution in [0.1, 0.15) is 29.6 Å². The third-order valence-electron chi connectivity index (χ3n) is 4.43. The number of carbonyl (C=O) groups is 2. The van der Waals surface area contributed by atoms with Gasteiger partial charge in [0.25, 0.3) is 0 Å². The lowest BCUT2D eigenvalue weighted by Gasteiger charge is -2.09. The van der Waals surface area contributed by atoms with Crippen LogP contribution in [-0.2, 0) is 9.53 Å². The maximum atomic E-state index is 12.1. The Kier molecular flexibility index (Phi) is 6.31. The number of anilines is 1. The molecule has 1 heterocycles. The molecule has 0 bridgehead atoms. The number of ether oxygens (including phenoxy) is 1. The summed E-state index contributed by atoms with van der Waals surface area (Å²) in [4.78, 5) is 28.0. The summed E-state index contributed by atoms with van der Waals surface area (Å²) in [7, 11) is 1.29. The van der Waals surface area contributed by atoms with E-state index in [0.29, 0.717) is 22.9 Å². The molecular formula is C20H24N4O4. The molecule has 0 aromatic heterocycles. The molecule has 0 saturated heterocycles. The fourth-order valence-corrected chi connectivity index (χ4v) is 3.01. The molecule has 2 aromatic rings. The predicted molar refractivity (Wildman–Crippen MR) is 108 cm³/mol. The first-order valence-corrected chi connectivity index (χ1v) is 9.24. The summed E-state index contributed by atoms with van der Waals surface area (Å²) < 4.78 is 4.68. The second-order valence-electron chi connectivity index (χ2n) is 6.51. The summed E-state index contributed by atoms with van der Waals surface area (Å²) in [6, 6.07) is 8.18. The minimum absolute atomic E-state index is 0.0384. The molecule has 8 heteroatoms. The van der Waals surface area contributed by atoms with Gasteiger partial charge in [-0.25, -0.2) is 4.79 Å². The number of carbonyl (C=O) groups excluding carboxylic acids is 2. The number of nitrogens with one attached hydrogen (secondary N) is 3. The molecule has 0 radical (unpaired) electrons. The zero-order chi connectivity index (χ0) is 19.9. The number of hydrogen-bond donors (Lipinski definition) is 4. The van der Waals surface area contributed by atoms with Crippen molar-refractivity contribution in [3.8, 4) is 5.75 Å². The summed E-state index contributed by atoms with van der Waals surface area (Å²) >= 11 is 0. The van der Waals surface area contributed by atoms with Crippen LogP contribution in [0.5, 0.6) is 5.75 Å². The molecule has 8 nitrogen and oxygen atoms in total. The number of guanidine groups is 1. The Morgan fingerprint density at radius 2 is 2.11 bits per heavy atom. The van der Waals surface area contributed by atoms with Gasteiger partial charge in [0.15, 0.2) is 5.96 Å². The summed E-state index contributed by atoms with van der Waals surface area (Å²) in [5.74, 6) is 0.195. The second kappa shape index (κ2) is 9.07. The summed E-state index contributed by atoms with van der Waals surface area (Å²) in [6.07, 6.45) is 2.03. The molecule has 3 rings (SSSR count). The van der Waals surface area contributed by atoms with Crippen molar-refractivity contribution in [2.24, 2.45) is 4.99 Å². The van der Waals surface area contributed by atoms with Crippen LogP contribution in [0.15, 0.2) is 35.3 Å². The van der Waals surface area contributed by atoms with E-state index in [-0.39, 0.29) is 17.2 Å². The lowest BCUT2D eigenvalue weighted by atomic mass is 10.0.